The molecule has 0 aliphatic carbocycles. The van der Waals surface area contributed by atoms with E-state index in [1.165, 1.54) is 43.1 Å². The first-order chi connectivity index (χ1) is 22.3. The van der Waals surface area contributed by atoms with Crippen LogP contribution in [0.15, 0.2) is 65.7 Å². The van der Waals surface area contributed by atoms with Gasteiger partial charge in [-0.1, -0.05) is 0 Å². The zero-order valence-electron chi connectivity index (χ0n) is 26.0. The maximum atomic E-state index is 15.6. The molecule has 0 bridgehead atoms. The third-order valence-corrected chi connectivity index (χ3v) is 10.3. The van der Waals surface area contributed by atoms with Crippen LogP contribution >= 0.6 is 0 Å². The third kappa shape index (κ3) is 6.77. The number of pyridine rings is 1. The Bertz CT molecular complexity index is 1960. The second kappa shape index (κ2) is 13.4. The van der Waals surface area contributed by atoms with Crippen molar-refractivity contribution in [3.05, 3.63) is 83.6 Å². The fourth-order valence-corrected chi connectivity index (χ4v) is 7.09. The summed E-state index contributed by atoms with van der Waals surface area (Å²) in [6.45, 7) is 4.99. The molecule has 2 atom stereocenters. The van der Waals surface area contributed by atoms with E-state index in [4.69, 9.17) is 10.5 Å². The number of anilines is 3. The Morgan fingerprint density at radius 2 is 1.83 bits per heavy atom. The van der Waals surface area contributed by atoms with Gasteiger partial charge in [0.05, 0.1) is 22.8 Å². The molecule has 0 saturated carbocycles. The average molecular weight is 668 g/mol. The van der Waals surface area contributed by atoms with Crippen molar-refractivity contribution < 1.29 is 36.6 Å². The molecule has 0 radical (unpaired) electrons. The van der Waals surface area contributed by atoms with Gasteiger partial charge in [-0.2, -0.15) is 0 Å². The summed E-state index contributed by atoms with van der Waals surface area (Å²) in [6.07, 6.45) is 1.03. The number of hydrogen-bond donors (Lipinski definition) is 4. The molecule has 0 spiro atoms. The van der Waals surface area contributed by atoms with Crippen LogP contribution in [0.25, 0.3) is 10.8 Å². The van der Waals surface area contributed by atoms with Crippen molar-refractivity contribution >= 4 is 49.8 Å². The molecule has 1 fully saturated rings. The number of rotatable bonds is 10. The minimum Gasteiger partial charge on any atom is -0.491 e. The first-order valence-corrected chi connectivity index (χ1v) is 16.6. The SMILES string of the molecule is CCOc1cc([C@@H](Nc2ccc3c(N)nccc3c2)C(=O)N2CCC[C@@H]2c2cc(NC(=O)O)ccc2S(=O)(=O)C(C)C)c(F)cc1F. The van der Waals surface area contributed by atoms with E-state index >= 15 is 4.39 Å². The molecular weight excluding hydrogens is 632 g/mol. The quantitative estimate of drug-likeness (QED) is 0.152. The molecule has 248 valence electrons. The number of nitrogen functional groups attached to an aromatic ring is 1. The molecular formula is C33H35F2N5O6S. The van der Waals surface area contributed by atoms with Gasteiger partial charge >= 0.3 is 6.09 Å². The molecule has 1 aromatic heterocycles. The van der Waals surface area contributed by atoms with Crippen molar-refractivity contribution in [2.45, 2.75) is 55.8 Å². The van der Waals surface area contributed by atoms with Gasteiger partial charge in [-0.05, 0) is 93.1 Å². The van der Waals surface area contributed by atoms with Gasteiger partial charge in [0.1, 0.15) is 17.7 Å². The molecule has 4 aromatic rings. The number of carboxylic acid groups (broad SMARTS) is 1. The molecule has 0 unspecified atom stereocenters. The van der Waals surface area contributed by atoms with Gasteiger partial charge in [0.25, 0.3) is 0 Å². The number of hydrogen-bond acceptors (Lipinski definition) is 8. The number of carbonyl (C=O) groups is 2. The second-order valence-corrected chi connectivity index (χ2v) is 13.9. The number of nitrogens with one attached hydrogen (secondary N) is 2. The van der Waals surface area contributed by atoms with Crippen molar-refractivity contribution in [1.82, 2.24) is 9.88 Å². The molecule has 1 saturated heterocycles. The van der Waals surface area contributed by atoms with Crippen LogP contribution in [0.3, 0.4) is 0 Å². The van der Waals surface area contributed by atoms with Gasteiger partial charge < -0.3 is 25.8 Å². The number of amides is 2. The van der Waals surface area contributed by atoms with E-state index in [0.717, 1.165) is 6.07 Å². The lowest BCUT2D eigenvalue weighted by Gasteiger charge is -2.32. The molecule has 11 nitrogen and oxygen atoms in total. The lowest BCUT2D eigenvalue weighted by molar-refractivity contribution is -0.133. The van der Waals surface area contributed by atoms with E-state index < -0.39 is 50.8 Å². The van der Waals surface area contributed by atoms with Crippen LogP contribution in [0.2, 0.25) is 0 Å². The van der Waals surface area contributed by atoms with Crippen LogP contribution in [0.1, 0.15) is 56.8 Å². The average Bonchev–Trinajstić information content (AvgIpc) is 3.51. The van der Waals surface area contributed by atoms with Gasteiger partial charge in [0.15, 0.2) is 21.4 Å². The maximum Gasteiger partial charge on any atom is 0.409 e. The van der Waals surface area contributed by atoms with Crippen molar-refractivity contribution in [2.24, 2.45) is 0 Å². The lowest BCUT2D eigenvalue weighted by atomic mass is 10.00. The predicted octanol–water partition coefficient (Wildman–Crippen LogP) is 6.28. The first-order valence-electron chi connectivity index (χ1n) is 15.0. The largest absolute Gasteiger partial charge is 0.491 e. The van der Waals surface area contributed by atoms with Crippen LogP contribution in [-0.2, 0) is 14.6 Å². The van der Waals surface area contributed by atoms with Crippen molar-refractivity contribution in [3.8, 4) is 5.75 Å². The normalized spacial score (nSPS) is 15.5. The Morgan fingerprint density at radius 1 is 1.09 bits per heavy atom. The van der Waals surface area contributed by atoms with Gasteiger partial charge in [-0.25, -0.2) is 27.0 Å². The summed E-state index contributed by atoms with van der Waals surface area (Å²) in [6, 6.07) is 10.5. The Morgan fingerprint density at radius 3 is 2.53 bits per heavy atom. The number of benzene rings is 3. The summed E-state index contributed by atoms with van der Waals surface area (Å²) >= 11 is 0. The highest BCUT2D eigenvalue weighted by molar-refractivity contribution is 7.92. The fourth-order valence-electron chi connectivity index (χ4n) is 5.81. The summed E-state index contributed by atoms with van der Waals surface area (Å²) in [5, 5.41) is 15.2. The predicted molar refractivity (Wildman–Crippen MR) is 174 cm³/mol. The monoisotopic (exact) mass is 667 g/mol. The van der Waals surface area contributed by atoms with Crippen molar-refractivity contribution in [3.63, 3.8) is 0 Å². The number of fused-ring (bicyclic) bond motifs is 1. The fraction of sp³-hybridized carbons (Fsp3) is 0.303. The molecule has 1 aliphatic heterocycles. The van der Waals surface area contributed by atoms with Crippen LogP contribution in [0, 0.1) is 11.6 Å². The molecule has 2 heterocycles. The Kier molecular flexibility index (Phi) is 9.52. The van der Waals surface area contributed by atoms with Crippen LogP contribution in [0.4, 0.5) is 30.8 Å². The maximum absolute atomic E-state index is 15.6. The van der Waals surface area contributed by atoms with E-state index in [1.807, 2.05) is 0 Å². The number of carbonyl (C=O) groups excluding carboxylic acids is 1. The first kappa shape index (κ1) is 33.4. The molecule has 3 aromatic carbocycles. The summed E-state index contributed by atoms with van der Waals surface area (Å²) in [4.78, 5) is 31.5. The highest BCUT2D eigenvalue weighted by atomic mass is 32.2. The molecule has 1 aliphatic rings. The second-order valence-electron chi connectivity index (χ2n) is 11.4. The van der Waals surface area contributed by atoms with Crippen LogP contribution < -0.4 is 21.1 Å². The van der Waals surface area contributed by atoms with Gasteiger partial charge in [0, 0.05) is 41.1 Å². The minimum atomic E-state index is -3.87. The summed E-state index contributed by atoms with van der Waals surface area (Å²) in [7, 11) is -3.87. The van der Waals surface area contributed by atoms with Gasteiger partial charge in [0.2, 0.25) is 5.91 Å². The summed E-state index contributed by atoms with van der Waals surface area (Å²) in [5.41, 5.74) is 6.61. The van der Waals surface area contributed by atoms with E-state index in [2.05, 4.69) is 15.6 Å². The van der Waals surface area contributed by atoms with Crippen LogP contribution in [-0.4, -0.2) is 53.8 Å². The smallest absolute Gasteiger partial charge is 0.409 e. The number of likely N-dealkylation sites (tertiary alicyclic amines) is 1. The summed E-state index contributed by atoms with van der Waals surface area (Å²) in [5.74, 6) is -2.47. The number of halogens is 2. The Labute approximate surface area is 270 Å². The van der Waals surface area contributed by atoms with Crippen LogP contribution in [0.5, 0.6) is 5.75 Å². The molecule has 2 amide bonds. The zero-order valence-corrected chi connectivity index (χ0v) is 26.8. The number of ether oxygens (including phenoxy) is 1. The van der Waals surface area contributed by atoms with E-state index in [1.54, 1.807) is 31.2 Å². The van der Waals surface area contributed by atoms with Crippen molar-refractivity contribution in [1.29, 1.82) is 0 Å². The van der Waals surface area contributed by atoms with E-state index in [9.17, 15) is 27.5 Å². The molecule has 5 rings (SSSR count). The number of aromatic nitrogens is 1. The van der Waals surface area contributed by atoms with Crippen molar-refractivity contribution in [2.75, 3.05) is 29.5 Å². The molecule has 47 heavy (non-hydrogen) atoms. The highest BCUT2D eigenvalue weighted by Gasteiger charge is 2.39. The van der Waals surface area contributed by atoms with E-state index in [-0.39, 0.29) is 40.6 Å². The topological polar surface area (TPSA) is 164 Å². The summed E-state index contributed by atoms with van der Waals surface area (Å²) < 4.78 is 62.6. The minimum absolute atomic E-state index is 0.0371. The van der Waals surface area contributed by atoms with E-state index in [0.29, 0.717) is 41.2 Å². The highest BCUT2D eigenvalue weighted by Crippen LogP contribution is 2.41. The van der Waals surface area contributed by atoms with Gasteiger partial charge in [-0.15, -0.1) is 0 Å². The van der Waals surface area contributed by atoms with Gasteiger partial charge in [-0.3, -0.25) is 10.1 Å². The number of nitrogens with two attached hydrogens (primary N) is 1. The zero-order chi connectivity index (χ0) is 34.0. The third-order valence-electron chi connectivity index (χ3n) is 8.10. The Balaban J connectivity index is 1.63. The number of nitrogens with zero attached hydrogens (tertiary/aromatic N) is 2. The lowest BCUT2D eigenvalue weighted by Crippen LogP contribution is -2.38. The molecule has 14 heteroatoms. The Hall–Kier alpha value is -4.98. The number of sulfone groups is 1. The standard InChI is InChI=1S/C33H35F2N5O6S/c1-4-46-28-16-23(25(34)17-26(28)35)30(38-20-7-9-22-19(14-20)11-12-37-31(22)36)32(41)40-13-5-6-27(40)24-15-21(39-33(42)43)8-10-29(24)47(44,45)18(2)3/h7-12,14-18,27,30,38-39H,4-6,13H2,1-3H3,(H2,36,37)(H,42,43)/t27-,30-/m1/s1. The molecule has 5 N–H and O–H groups in total.